The number of aromatic amines is 1. The van der Waals surface area contributed by atoms with E-state index in [1.165, 1.54) is 0 Å². The molecular formula is C20H22N6O2S. The van der Waals surface area contributed by atoms with Crippen molar-refractivity contribution in [2.75, 3.05) is 31.2 Å². The molecule has 0 spiro atoms. The number of thiophene rings is 1. The molecule has 1 aliphatic rings. The molecular weight excluding hydrogens is 388 g/mol. The molecule has 4 aromatic heterocycles. The second kappa shape index (κ2) is 6.72. The lowest BCUT2D eigenvalue weighted by molar-refractivity contribution is 0.0826. The first-order chi connectivity index (χ1) is 13.9. The van der Waals surface area contributed by atoms with Gasteiger partial charge in [0, 0.05) is 29.7 Å². The van der Waals surface area contributed by atoms with Gasteiger partial charge in [0.15, 0.2) is 17.3 Å². The Labute approximate surface area is 171 Å². The number of hydrogen-bond acceptors (Lipinski definition) is 8. The van der Waals surface area contributed by atoms with Gasteiger partial charge in [-0.3, -0.25) is 0 Å². The highest BCUT2D eigenvalue weighted by molar-refractivity contribution is 7.19. The predicted octanol–water partition coefficient (Wildman–Crippen LogP) is 3.00. The van der Waals surface area contributed by atoms with E-state index in [1.807, 2.05) is 19.1 Å². The fourth-order valence-corrected chi connectivity index (χ4v) is 4.59. The Kier molecular flexibility index (Phi) is 4.27. The van der Waals surface area contributed by atoms with Crippen molar-refractivity contribution in [3.8, 4) is 11.4 Å². The molecule has 0 amide bonds. The van der Waals surface area contributed by atoms with Crippen LogP contribution in [0.4, 0.5) is 5.82 Å². The SMILES string of the molecule is Cc1nc2ncc(-c3nc(N4CCOCC4)c4sc(C(C)(C)O)cc4n3)cc2[nH]1. The average molecular weight is 411 g/mol. The Bertz CT molecular complexity index is 1200. The van der Waals surface area contributed by atoms with Crippen molar-refractivity contribution in [3.05, 3.63) is 29.0 Å². The van der Waals surface area contributed by atoms with Crippen LogP contribution in [-0.2, 0) is 10.3 Å². The summed E-state index contributed by atoms with van der Waals surface area (Å²) >= 11 is 1.54. The molecule has 0 radical (unpaired) electrons. The lowest BCUT2D eigenvalue weighted by Gasteiger charge is -2.28. The van der Waals surface area contributed by atoms with E-state index in [4.69, 9.17) is 14.7 Å². The summed E-state index contributed by atoms with van der Waals surface area (Å²) in [4.78, 5) is 24.9. The van der Waals surface area contributed by atoms with E-state index in [2.05, 4.69) is 19.9 Å². The third kappa shape index (κ3) is 3.35. The maximum Gasteiger partial charge on any atom is 0.177 e. The van der Waals surface area contributed by atoms with Crippen LogP contribution in [0.25, 0.3) is 32.8 Å². The summed E-state index contributed by atoms with van der Waals surface area (Å²) in [6.45, 7) is 8.38. The van der Waals surface area contributed by atoms with Gasteiger partial charge >= 0.3 is 0 Å². The maximum absolute atomic E-state index is 10.5. The van der Waals surface area contributed by atoms with Gasteiger partial charge in [-0.1, -0.05) is 0 Å². The number of nitrogens with one attached hydrogen (secondary N) is 1. The van der Waals surface area contributed by atoms with E-state index in [1.54, 1.807) is 31.4 Å². The van der Waals surface area contributed by atoms with E-state index >= 15 is 0 Å². The van der Waals surface area contributed by atoms with Crippen LogP contribution in [0.5, 0.6) is 0 Å². The Morgan fingerprint density at radius 2 is 1.97 bits per heavy atom. The minimum atomic E-state index is -0.929. The molecule has 9 heteroatoms. The number of rotatable bonds is 3. The summed E-state index contributed by atoms with van der Waals surface area (Å²) in [5.41, 5.74) is 2.27. The van der Waals surface area contributed by atoms with Crippen molar-refractivity contribution in [1.29, 1.82) is 0 Å². The fraction of sp³-hybridized carbons (Fsp3) is 0.400. The predicted molar refractivity (Wildman–Crippen MR) is 113 cm³/mol. The fourth-order valence-electron chi connectivity index (χ4n) is 3.48. The molecule has 2 N–H and O–H groups in total. The molecule has 1 saturated heterocycles. The Balaban J connectivity index is 1.70. The van der Waals surface area contributed by atoms with Crippen LogP contribution in [0, 0.1) is 6.92 Å². The summed E-state index contributed by atoms with van der Waals surface area (Å²) in [7, 11) is 0. The molecule has 150 valence electrons. The van der Waals surface area contributed by atoms with Crippen molar-refractivity contribution >= 4 is 38.5 Å². The van der Waals surface area contributed by atoms with Gasteiger partial charge in [0.1, 0.15) is 5.82 Å². The van der Waals surface area contributed by atoms with Gasteiger partial charge in [-0.05, 0) is 32.9 Å². The van der Waals surface area contributed by atoms with Crippen LogP contribution < -0.4 is 4.90 Å². The monoisotopic (exact) mass is 410 g/mol. The molecule has 0 aliphatic carbocycles. The molecule has 0 atom stereocenters. The van der Waals surface area contributed by atoms with Gasteiger partial charge in [-0.2, -0.15) is 0 Å². The first kappa shape index (κ1) is 18.4. The molecule has 29 heavy (non-hydrogen) atoms. The number of anilines is 1. The zero-order chi connectivity index (χ0) is 20.2. The van der Waals surface area contributed by atoms with E-state index in [-0.39, 0.29) is 0 Å². The quantitative estimate of drug-likeness (QED) is 0.535. The zero-order valence-electron chi connectivity index (χ0n) is 16.6. The summed E-state index contributed by atoms with van der Waals surface area (Å²) < 4.78 is 6.50. The molecule has 0 bridgehead atoms. The third-order valence-electron chi connectivity index (χ3n) is 4.98. The summed E-state index contributed by atoms with van der Waals surface area (Å²) in [5, 5.41) is 10.5. The van der Waals surface area contributed by atoms with Crippen molar-refractivity contribution in [1.82, 2.24) is 24.9 Å². The normalized spacial score (nSPS) is 15.5. The van der Waals surface area contributed by atoms with Gasteiger partial charge in [0.2, 0.25) is 0 Å². The standard InChI is InChI=1S/C20H22N6O2S/c1-11-22-14-8-12(10-21-18(14)23-11)17-24-13-9-15(20(2,3)27)29-16(13)19(25-17)26-4-6-28-7-5-26/h8-10,27H,4-7H2,1-3H3,(H,21,22,23). The average Bonchev–Trinajstić information content (AvgIpc) is 3.29. The van der Waals surface area contributed by atoms with E-state index in [0.29, 0.717) is 24.7 Å². The number of aryl methyl sites for hydroxylation is 1. The highest BCUT2D eigenvalue weighted by Gasteiger charge is 2.24. The van der Waals surface area contributed by atoms with Gasteiger partial charge in [0.25, 0.3) is 0 Å². The van der Waals surface area contributed by atoms with Crippen LogP contribution in [0.3, 0.4) is 0 Å². The van der Waals surface area contributed by atoms with Crippen LogP contribution >= 0.6 is 11.3 Å². The third-order valence-corrected chi connectivity index (χ3v) is 6.41. The maximum atomic E-state index is 10.5. The largest absolute Gasteiger partial charge is 0.385 e. The smallest absolute Gasteiger partial charge is 0.177 e. The second-order valence-electron chi connectivity index (χ2n) is 7.77. The van der Waals surface area contributed by atoms with Crippen LogP contribution in [0.2, 0.25) is 0 Å². The molecule has 4 aromatic rings. The van der Waals surface area contributed by atoms with Gasteiger partial charge < -0.3 is 19.7 Å². The highest BCUT2D eigenvalue weighted by atomic mass is 32.1. The number of pyridine rings is 1. The second-order valence-corrected chi connectivity index (χ2v) is 8.82. The summed E-state index contributed by atoms with van der Waals surface area (Å²) in [6, 6.07) is 3.94. The van der Waals surface area contributed by atoms with Crippen LogP contribution in [0.15, 0.2) is 18.3 Å². The Morgan fingerprint density at radius 3 is 2.72 bits per heavy atom. The van der Waals surface area contributed by atoms with Gasteiger partial charge in [0.05, 0.1) is 34.5 Å². The highest BCUT2D eigenvalue weighted by Crippen LogP contribution is 2.38. The van der Waals surface area contributed by atoms with Gasteiger partial charge in [-0.25, -0.2) is 19.9 Å². The van der Waals surface area contributed by atoms with E-state index in [9.17, 15) is 5.11 Å². The number of aliphatic hydroxyl groups is 1. The number of imidazole rings is 1. The molecule has 0 aromatic carbocycles. The number of nitrogens with zero attached hydrogens (tertiary/aromatic N) is 5. The Hall–Kier alpha value is -2.62. The van der Waals surface area contributed by atoms with Crippen LogP contribution in [-0.4, -0.2) is 56.3 Å². The molecule has 0 unspecified atom stereocenters. The van der Waals surface area contributed by atoms with E-state index in [0.717, 1.165) is 50.9 Å². The minimum absolute atomic E-state index is 0.612. The van der Waals surface area contributed by atoms with Crippen molar-refractivity contribution < 1.29 is 9.84 Å². The number of H-pyrrole nitrogens is 1. The van der Waals surface area contributed by atoms with Crippen molar-refractivity contribution in [2.45, 2.75) is 26.4 Å². The number of hydrogen-bond donors (Lipinski definition) is 2. The number of aromatic nitrogens is 5. The van der Waals surface area contributed by atoms with Crippen molar-refractivity contribution in [3.63, 3.8) is 0 Å². The Morgan fingerprint density at radius 1 is 1.17 bits per heavy atom. The lowest BCUT2D eigenvalue weighted by Crippen LogP contribution is -2.36. The molecule has 8 nitrogen and oxygen atoms in total. The molecule has 0 saturated carbocycles. The number of fused-ring (bicyclic) bond motifs is 2. The van der Waals surface area contributed by atoms with Gasteiger partial charge in [-0.15, -0.1) is 11.3 Å². The first-order valence-electron chi connectivity index (χ1n) is 9.58. The molecule has 1 aliphatic heterocycles. The van der Waals surface area contributed by atoms with Crippen molar-refractivity contribution in [2.24, 2.45) is 0 Å². The lowest BCUT2D eigenvalue weighted by atomic mass is 10.1. The molecule has 5 heterocycles. The number of morpholine rings is 1. The van der Waals surface area contributed by atoms with Crippen LogP contribution in [0.1, 0.15) is 24.5 Å². The summed E-state index contributed by atoms with van der Waals surface area (Å²) in [6.07, 6.45) is 1.76. The molecule has 1 fully saturated rings. The number of ether oxygens (including phenoxy) is 1. The zero-order valence-corrected chi connectivity index (χ0v) is 17.4. The van der Waals surface area contributed by atoms with E-state index < -0.39 is 5.60 Å². The first-order valence-corrected chi connectivity index (χ1v) is 10.4. The summed E-state index contributed by atoms with van der Waals surface area (Å²) in [5.74, 6) is 2.32. The minimum Gasteiger partial charge on any atom is -0.385 e. The molecule has 5 rings (SSSR count). The topological polar surface area (TPSA) is 100 Å².